The molecule has 2 aliphatic heterocycles. The molecule has 0 bridgehead atoms. The Labute approximate surface area is 186 Å². The van der Waals surface area contributed by atoms with E-state index < -0.39 is 16.1 Å². The van der Waals surface area contributed by atoms with Crippen molar-refractivity contribution >= 4 is 27.5 Å². The van der Waals surface area contributed by atoms with Crippen LogP contribution in [0, 0.1) is 11.3 Å². The minimum atomic E-state index is -3.85. The van der Waals surface area contributed by atoms with E-state index in [-0.39, 0.29) is 55.0 Å². The number of hydrogen-bond acceptors (Lipinski definition) is 6. The van der Waals surface area contributed by atoms with Gasteiger partial charge in [0.15, 0.2) is 6.10 Å². The zero-order valence-electron chi connectivity index (χ0n) is 17.5. The molecule has 0 aliphatic carbocycles. The average Bonchev–Trinajstić information content (AvgIpc) is 2.82. The van der Waals surface area contributed by atoms with Gasteiger partial charge in [-0.15, -0.1) is 0 Å². The Morgan fingerprint density at radius 3 is 2.38 bits per heavy atom. The molecule has 2 heterocycles. The largest absolute Gasteiger partial charge is 0.476 e. The number of para-hydroxylation sites is 2. The lowest BCUT2D eigenvalue weighted by Gasteiger charge is -2.39. The first-order valence-corrected chi connectivity index (χ1v) is 11.6. The van der Waals surface area contributed by atoms with Crippen molar-refractivity contribution in [1.82, 2.24) is 9.21 Å². The van der Waals surface area contributed by atoms with Crippen LogP contribution in [0.15, 0.2) is 53.4 Å². The molecule has 0 saturated carbocycles. The molecule has 32 heavy (non-hydrogen) atoms. The number of fused-ring (bicyclic) bond motifs is 1. The minimum absolute atomic E-state index is 0.0356. The molecular formula is C22H22N4O5S. The average molecular weight is 455 g/mol. The molecule has 4 rings (SSSR count). The first kappa shape index (κ1) is 21.8. The van der Waals surface area contributed by atoms with Crippen LogP contribution in [-0.2, 0) is 19.6 Å². The predicted octanol–water partition coefficient (Wildman–Crippen LogP) is 1.21. The van der Waals surface area contributed by atoms with Gasteiger partial charge in [-0.05, 0) is 24.3 Å². The summed E-state index contributed by atoms with van der Waals surface area (Å²) in [5.74, 6) is -0.0209. The fourth-order valence-corrected chi connectivity index (χ4v) is 5.50. The van der Waals surface area contributed by atoms with E-state index in [0.717, 1.165) is 0 Å². The van der Waals surface area contributed by atoms with Gasteiger partial charge in [0.2, 0.25) is 15.9 Å². The number of ether oxygens (including phenoxy) is 1. The first-order valence-electron chi connectivity index (χ1n) is 10.1. The lowest BCUT2D eigenvalue weighted by molar-refractivity contribution is -0.140. The Morgan fingerprint density at radius 2 is 1.69 bits per heavy atom. The zero-order valence-corrected chi connectivity index (χ0v) is 18.3. The van der Waals surface area contributed by atoms with Crippen LogP contribution in [0.2, 0.25) is 0 Å². The maximum atomic E-state index is 13.1. The number of piperazine rings is 1. The first-order chi connectivity index (χ1) is 15.3. The maximum Gasteiger partial charge on any atom is 0.265 e. The van der Waals surface area contributed by atoms with Crippen molar-refractivity contribution < 1.29 is 22.7 Å². The number of nitrogens with zero attached hydrogens (tertiary/aromatic N) is 4. The highest BCUT2D eigenvalue weighted by Crippen LogP contribution is 2.33. The highest BCUT2D eigenvalue weighted by molar-refractivity contribution is 7.89. The zero-order chi connectivity index (χ0) is 22.9. The topological polar surface area (TPSA) is 111 Å². The van der Waals surface area contributed by atoms with E-state index in [0.29, 0.717) is 11.4 Å². The van der Waals surface area contributed by atoms with E-state index in [1.807, 2.05) is 6.07 Å². The molecule has 1 fully saturated rings. The molecule has 0 radical (unpaired) electrons. The summed E-state index contributed by atoms with van der Waals surface area (Å²) >= 11 is 0. The fourth-order valence-electron chi connectivity index (χ4n) is 3.94. The third-order valence-electron chi connectivity index (χ3n) is 5.60. The quantitative estimate of drug-likeness (QED) is 0.689. The van der Waals surface area contributed by atoms with Gasteiger partial charge in [-0.2, -0.15) is 9.57 Å². The molecule has 2 amide bonds. The standard InChI is InChI=1S/C22H22N4O5S/c1-16(27)26-15-20(31-19-8-4-3-7-18(19)26)22(28)24-10-12-25(13-11-24)32(29,30)21-9-5-2-6-17(21)14-23/h2-9,20H,10-13,15H2,1H3/t20-/m1/s1. The van der Waals surface area contributed by atoms with Crippen molar-refractivity contribution in [3.05, 3.63) is 54.1 Å². The smallest absolute Gasteiger partial charge is 0.265 e. The third-order valence-corrected chi connectivity index (χ3v) is 7.56. The third kappa shape index (κ3) is 3.92. The number of hydrogen-bond donors (Lipinski definition) is 0. The van der Waals surface area contributed by atoms with E-state index in [4.69, 9.17) is 4.74 Å². The summed E-state index contributed by atoms with van der Waals surface area (Å²) in [5, 5.41) is 9.24. The molecule has 10 heteroatoms. The molecule has 166 valence electrons. The molecule has 1 saturated heterocycles. The number of amides is 2. The number of carbonyl (C=O) groups is 2. The van der Waals surface area contributed by atoms with Crippen molar-refractivity contribution in [2.24, 2.45) is 0 Å². The lowest BCUT2D eigenvalue weighted by Crippen LogP contribution is -2.56. The van der Waals surface area contributed by atoms with Crippen LogP contribution in [0.1, 0.15) is 12.5 Å². The van der Waals surface area contributed by atoms with Crippen molar-refractivity contribution in [2.45, 2.75) is 17.9 Å². The summed E-state index contributed by atoms with van der Waals surface area (Å²) < 4.78 is 33.2. The fraction of sp³-hybridized carbons (Fsp3) is 0.318. The van der Waals surface area contributed by atoms with Crippen molar-refractivity contribution in [3.8, 4) is 11.8 Å². The second-order valence-corrected chi connectivity index (χ2v) is 9.45. The van der Waals surface area contributed by atoms with Crippen LogP contribution >= 0.6 is 0 Å². The minimum Gasteiger partial charge on any atom is -0.476 e. The number of sulfonamides is 1. The Morgan fingerprint density at radius 1 is 1.03 bits per heavy atom. The van der Waals surface area contributed by atoms with Crippen LogP contribution in [0.4, 0.5) is 5.69 Å². The van der Waals surface area contributed by atoms with E-state index in [9.17, 15) is 23.3 Å². The maximum absolute atomic E-state index is 13.1. The Balaban J connectivity index is 1.46. The van der Waals surface area contributed by atoms with Gasteiger partial charge in [0, 0.05) is 33.1 Å². The van der Waals surface area contributed by atoms with Gasteiger partial charge in [-0.25, -0.2) is 8.42 Å². The normalized spacial score (nSPS) is 18.9. The van der Waals surface area contributed by atoms with Crippen LogP contribution in [-0.4, -0.2) is 68.3 Å². The highest BCUT2D eigenvalue weighted by Gasteiger charge is 2.37. The summed E-state index contributed by atoms with van der Waals surface area (Å²) in [5.41, 5.74) is 0.709. The van der Waals surface area contributed by atoms with Gasteiger partial charge in [0.1, 0.15) is 11.8 Å². The number of rotatable bonds is 3. The van der Waals surface area contributed by atoms with Crippen molar-refractivity contribution in [2.75, 3.05) is 37.6 Å². The molecule has 0 N–H and O–H groups in total. The molecule has 0 spiro atoms. The van der Waals surface area contributed by atoms with E-state index >= 15 is 0 Å². The summed E-state index contributed by atoms with van der Waals surface area (Å²) in [4.78, 5) is 28.2. The van der Waals surface area contributed by atoms with Crippen LogP contribution in [0.25, 0.3) is 0 Å². The van der Waals surface area contributed by atoms with Gasteiger partial charge in [0.05, 0.1) is 22.7 Å². The number of carbonyl (C=O) groups excluding carboxylic acids is 2. The molecule has 2 aromatic rings. The number of nitriles is 1. The van der Waals surface area contributed by atoms with Gasteiger partial charge in [-0.1, -0.05) is 24.3 Å². The Kier molecular flexibility index (Phi) is 5.86. The summed E-state index contributed by atoms with van der Waals surface area (Å²) in [6.07, 6.45) is -0.865. The van der Waals surface area contributed by atoms with Crippen LogP contribution < -0.4 is 9.64 Å². The summed E-state index contributed by atoms with van der Waals surface area (Å²) in [6.45, 7) is 2.12. The van der Waals surface area contributed by atoms with E-state index in [1.165, 1.54) is 28.3 Å². The van der Waals surface area contributed by atoms with Gasteiger partial charge >= 0.3 is 0 Å². The summed E-state index contributed by atoms with van der Waals surface area (Å²) in [6, 6.07) is 15.0. The molecule has 0 aromatic heterocycles. The van der Waals surface area contributed by atoms with Gasteiger partial charge < -0.3 is 14.5 Å². The van der Waals surface area contributed by atoms with Crippen LogP contribution in [0.3, 0.4) is 0 Å². The molecule has 2 aromatic carbocycles. The number of benzene rings is 2. The number of anilines is 1. The SMILES string of the molecule is CC(=O)N1C[C@H](C(=O)N2CCN(S(=O)(=O)c3ccccc3C#N)CC2)Oc2ccccc21. The lowest BCUT2D eigenvalue weighted by atomic mass is 10.1. The van der Waals surface area contributed by atoms with E-state index in [1.54, 1.807) is 41.3 Å². The Bertz CT molecular complexity index is 1200. The summed E-state index contributed by atoms with van der Waals surface area (Å²) in [7, 11) is -3.85. The molecule has 1 atom stereocenters. The van der Waals surface area contributed by atoms with Crippen molar-refractivity contribution in [3.63, 3.8) is 0 Å². The Hall–Kier alpha value is -3.42. The van der Waals surface area contributed by atoms with Gasteiger partial charge in [-0.3, -0.25) is 9.59 Å². The van der Waals surface area contributed by atoms with Crippen molar-refractivity contribution in [1.29, 1.82) is 5.26 Å². The second kappa shape index (κ2) is 8.61. The highest BCUT2D eigenvalue weighted by atomic mass is 32.2. The molecule has 9 nitrogen and oxygen atoms in total. The predicted molar refractivity (Wildman–Crippen MR) is 115 cm³/mol. The van der Waals surface area contributed by atoms with Crippen LogP contribution in [0.5, 0.6) is 5.75 Å². The molecule has 0 unspecified atom stereocenters. The van der Waals surface area contributed by atoms with E-state index in [2.05, 4.69) is 0 Å². The second-order valence-electron chi connectivity index (χ2n) is 7.54. The monoisotopic (exact) mass is 454 g/mol. The van der Waals surface area contributed by atoms with Gasteiger partial charge in [0.25, 0.3) is 5.91 Å². The molecule has 2 aliphatic rings. The molecular weight excluding hydrogens is 432 g/mol.